The van der Waals surface area contributed by atoms with Gasteiger partial charge in [-0.05, 0) is 47.9 Å². The number of nitrogens with zero attached hydrogens (tertiary/aromatic N) is 4. The topological polar surface area (TPSA) is 60.2 Å². The average Bonchev–Trinajstić information content (AvgIpc) is 3.25. The van der Waals surface area contributed by atoms with Crippen molar-refractivity contribution in [1.82, 2.24) is 14.8 Å². The molecule has 9 heteroatoms. The van der Waals surface area contributed by atoms with E-state index in [4.69, 9.17) is 4.74 Å². The summed E-state index contributed by atoms with van der Waals surface area (Å²) in [6, 6.07) is 9.56. The summed E-state index contributed by atoms with van der Waals surface area (Å²) in [5, 5.41) is 7.93. The number of anilines is 1. The fraction of sp³-hybridized carbons (Fsp3) is 0.286. The lowest BCUT2D eigenvalue weighted by Gasteiger charge is -2.20. The number of alkyl halides is 3. The molecule has 0 N–H and O–H groups in total. The lowest BCUT2D eigenvalue weighted by molar-refractivity contribution is -0.138. The molecule has 3 aromatic rings. The van der Waals surface area contributed by atoms with Crippen molar-refractivity contribution in [2.24, 2.45) is 7.05 Å². The molecule has 6 nitrogen and oxygen atoms in total. The molecule has 0 fully saturated rings. The molecule has 30 heavy (non-hydrogen) atoms. The van der Waals surface area contributed by atoms with E-state index >= 15 is 0 Å². The van der Waals surface area contributed by atoms with Crippen LogP contribution in [0.4, 0.5) is 18.9 Å². The van der Waals surface area contributed by atoms with Crippen LogP contribution in [0.15, 0.2) is 42.7 Å². The molecule has 0 saturated heterocycles. The standard InChI is InChI=1S/C21H19F3N4O2/c1-12-7-15-16(17(8-12)21(22,23)24)10-28(20(15)29)14-6-4-5-13(9-14)18(30-3)19-26-25-11-27(19)2/h4-9,11,18H,10H2,1-3H3. The number of fused-ring (bicyclic) bond motifs is 1. The maximum absolute atomic E-state index is 13.5. The van der Waals surface area contributed by atoms with Crippen molar-refractivity contribution in [3.05, 3.63) is 76.4 Å². The van der Waals surface area contributed by atoms with Crippen LogP contribution in [0, 0.1) is 6.92 Å². The van der Waals surface area contributed by atoms with Gasteiger partial charge in [0.05, 0.1) is 12.1 Å². The fourth-order valence-corrected chi connectivity index (χ4v) is 3.79. The Bertz CT molecular complexity index is 1120. The van der Waals surface area contributed by atoms with E-state index in [-0.39, 0.29) is 17.7 Å². The summed E-state index contributed by atoms with van der Waals surface area (Å²) >= 11 is 0. The largest absolute Gasteiger partial charge is 0.416 e. The van der Waals surface area contributed by atoms with Crippen LogP contribution >= 0.6 is 0 Å². The van der Waals surface area contributed by atoms with E-state index in [1.807, 2.05) is 6.07 Å². The Morgan fingerprint density at radius 2 is 1.97 bits per heavy atom. The SMILES string of the molecule is COC(c1cccc(N2Cc3c(cc(C)cc3C(F)(F)F)C2=O)c1)c1nncn1C. The number of rotatable bonds is 4. The Labute approximate surface area is 170 Å². The summed E-state index contributed by atoms with van der Waals surface area (Å²) in [7, 11) is 3.31. The van der Waals surface area contributed by atoms with Crippen molar-refractivity contribution in [3.63, 3.8) is 0 Å². The van der Waals surface area contributed by atoms with Crippen LogP contribution < -0.4 is 4.90 Å². The zero-order valence-corrected chi connectivity index (χ0v) is 16.6. The van der Waals surface area contributed by atoms with Crippen molar-refractivity contribution < 1.29 is 22.7 Å². The molecule has 2 aromatic carbocycles. The third-order valence-electron chi connectivity index (χ3n) is 5.19. The van der Waals surface area contributed by atoms with E-state index in [1.54, 1.807) is 43.1 Å². The maximum atomic E-state index is 13.5. The summed E-state index contributed by atoms with van der Waals surface area (Å²) in [5.74, 6) is 0.115. The Morgan fingerprint density at radius 1 is 1.20 bits per heavy atom. The highest BCUT2D eigenvalue weighted by Crippen LogP contribution is 2.39. The van der Waals surface area contributed by atoms with E-state index in [0.29, 0.717) is 22.6 Å². The highest BCUT2D eigenvalue weighted by Gasteiger charge is 2.40. The van der Waals surface area contributed by atoms with Crippen molar-refractivity contribution in [2.75, 3.05) is 12.0 Å². The number of amides is 1. The van der Waals surface area contributed by atoms with Gasteiger partial charge >= 0.3 is 6.18 Å². The van der Waals surface area contributed by atoms with E-state index in [1.165, 1.54) is 18.1 Å². The normalized spacial score (nSPS) is 14.9. The van der Waals surface area contributed by atoms with Crippen molar-refractivity contribution >= 4 is 11.6 Å². The third-order valence-corrected chi connectivity index (χ3v) is 5.19. The van der Waals surface area contributed by atoms with Crippen LogP contribution in [0.3, 0.4) is 0 Å². The molecule has 0 spiro atoms. The minimum absolute atomic E-state index is 0.0000887. The minimum atomic E-state index is -4.53. The number of carbonyl (C=O) groups excluding carboxylic acids is 1. The van der Waals surface area contributed by atoms with Gasteiger partial charge in [0, 0.05) is 25.4 Å². The molecule has 1 aliphatic rings. The van der Waals surface area contributed by atoms with Gasteiger partial charge in [-0.25, -0.2) is 0 Å². The van der Waals surface area contributed by atoms with Crippen LogP contribution in [0.25, 0.3) is 0 Å². The first-order valence-electron chi connectivity index (χ1n) is 9.20. The van der Waals surface area contributed by atoms with Crippen LogP contribution in [0.5, 0.6) is 0 Å². The number of hydrogen-bond donors (Lipinski definition) is 0. The summed E-state index contributed by atoms with van der Waals surface area (Å²) in [5.41, 5.74) is 0.917. The molecule has 2 heterocycles. The molecule has 0 aliphatic carbocycles. The van der Waals surface area contributed by atoms with E-state index in [9.17, 15) is 18.0 Å². The number of aromatic nitrogens is 3. The number of halogens is 3. The fourth-order valence-electron chi connectivity index (χ4n) is 3.79. The summed E-state index contributed by atoms with van der Waals surface area (Å²) < 4.78 is 47.9. The first-order chi connectivity index (χ1) is 14.2. The minimum Gasteiger partial charge on any atom is -0.369 e. The molecule has 4 rings (SSSR count). The zero-order valence-electron chi connectivity index (χ0n) is 16.6. The number of hydrogen-bond acceptors (Lipinski definition) is 4. The van der Waals surface area contributed by atoms with Gasteiger partial charge < -0.3 is 14.2 Å². The van der Waals surface area contributed by atoms with Crippen molar-refractivity contribution in [1.29, 1.82) is 0 Å². The highest BCUT2D eigenvalue weighted by molar-refractivity contribution is 6.10. The molecule has 156 valence electrons. The lowest BCUT2D eigenvalue weighted by atomic mass is 9.99. The highest BCUT2D eigenvalue weighted by atomic mass is 19.4. The van der Waals surface area contributed by atoms with Gasteiger partial charge in [-0.15, -0.1) is 10.2 Å². The lowest BCUT2D eigenvalue weighted by Crippen LogP contribution is -2.23. The van der Waals surface area contributed by atoms with E-state index < -0.39 is 23.8 Å². The second-order valence-corrected chi connectivity index (χ2v) is 7.24. The van der Waals surface area contributed by atoms with Crippen LogP contribution in [0.2, 0.25) is 0 Å². The number of methoxy groups -OCH3 is 1. The molecule has 1 amide bonds. The van der Waals surface area contributed by atoms with Crippen LogP contribution in [-0.4, -0.2) is 27.8 Å². The van der Waals surface area contributed by atoms with Gasteiger partial charge in [0.25, 0.3) is 5.91 Å². The summed E-state index contributed by atoms with van der Waals surface area (Å²) in [6.07, 6.45) is -3.52. The van der Waals surface area contributed by atoms with Gasteiger partial charge in [-0.1, -0.05) is 12.1 Å². The van der Waals surface area contributed by atoms with Gasteiger partial charge in [-0.2, -0.15) is 13.2 Å². The first kappa shape index (κ1) is 20.1. The van der Waals surface area contributed by atoms with Crippen LogP contribution in [0.1, 0.15) is 44.5 Å². The quantitative estimate of drug-likeness (QED) is 0.644. The number of ether oxygens (including phenoxy) is 1. The molecule has 0 bridgehead atoms. The number of carbonyl (C=O) groups is 1. The van der Waals surface area contributed by atoms with E-state index in [2.05, 4.69) is 10.2 Å². The molecular weight excluding hydrogens is 397 g/mol. The maximum Gasteiger partial charge on any atom is 0.416 e. The average molecular weight is 416 g/mol. The zero-order chi connectivity index (χ0) is 21.6. The van der Waals surface area contributed by atoms with Gasteiger partial charge in [0.2, 0.25) is 0 Å². The first-order valence-corrected chi connectivity index (χ1v) is 9.20. The molecule has 0 radical (unpaired) electrons. The van der Waals surface area contributed by atoms with Gasteiger partial charge in [0.1, 0.15) is 12.4 Å². The van der Waals surface area contributed by atoms with Gasteiger partial charge in [0.15, 0.2) is 5.82 Å². The third kappa shape index (κ3) is 3.35. The molecule has 1 aliphatic heterocycles. The predicted octanol–water partition coefficient (Wildman–Crippen LogP) is 4.04. The Kier molecular flexibility index (Phi) is 4.85. The Hall–Kier alpha value is -3.20. The molecular formula is C21H19F3N4O2. The van der Waals surface area contributed by atoms with Gasteiger partial charge in [-0.3, -0.25) is 4.79 Å². The van der Waals surface area contributed by atoms with Crippen molar-refractivity contribution in [2.45, 2.75) is 25.7 Å². The molecule has 1 atom stereocenters. The molecule has 1 unspecified atom stereocenters. The second kappa shape index (κ2) is 7.24. The monoisotopic (exact) mass is 416 g/mol. The Morgan fingerprint density at radius 3 is 2.60 bits per heavy atom. The van der Waals surface area contributed by atoms with Crippen molar-refractivity contribution in [3.8, 4) is 0 Å². The molecule has 0 saturated carbocycles. The van der Waals surface area contributed by atoms with Crippen LogP contribution in [-0.2, 0) is 24.5 Å². The van der Waals surface area contributed by atoms with E-state index in [0.717, 1.165) is 6.07 Å². The number of aryl methyl sites for hydroxylation is 2. The predicted molar refractivity (Wildman–Crippen MR) is 103 cm³/mol. The number of benzene rings is 2. The Balaban J connectivity index is 1.73. The molecule has 1 aromatic heterocycles. The second-order valence-electron chi connectivity index (χ2n) is 7.24. The summed E-state index contributed by atoms with van der Waals surface area (Å²) in [6.45, 7) is 1.41. The smallest absolute Gasteiger partial charge is 0.369 e. The summed E-state index contributed by atoms with van der Waals surface area (Å²) in [4.78, 5) is 14.3.